The predicted octanol–water partition coefficient (Wildman–Crippen LogP) is 1.89. The summed E-state index contributed by atoms with van der Waals surface area (Å²) in [5, 5.41) is 9.07. The molecule has 0 aliphatic carbocycles. The standard InChI is InChI=1S/C14H22N4O2S/c1-15-13(16-8-9-21-3)17-10-11-4-6-12(7-5-11)18-14(19)20-2/h4-7H,8-10H2,1-3H3,(H,18,19)(H2,15,16,17). The lowest BCUT2D eigenvalue weighted by Gasteiger charge is -2.11. The molecule has 0 aromatic heterocycles. The van der Waals surface area contributed by atoms with Crippen molar-refractivity contribution in [1.82, 2.24) is 10.6 Å². The van der Waals surface area contributed by atoms with E-state index in [1.165, 1.54) is 7.11 Å². The second kappa shape index (κ2) is 9.93. The summed E-state index contributed by atoms with van der Waals surface area (Å²) in [6.07, 6.45) is 1.60. The van der Waals surface area contributed by atoms with Crippen molar-refractivity contribution in [3.63, 3.8) is 0 Å². The molecule has 1 aromatic rings. The maximum atomic E-state index is 11.1. The number of carbonyl (C=O) groups excluding carboxylic acids is 1. The van der Waals surface area contributed by atoms with Crippen molar-refractivity contribution in [2.24, 2.45) is 4.99 Å². The zero-order chi connectivity index (χ0) is 15.5. The predicted molar refractivity (Wildman–Crippen MR) is 89.1 cm³/mol. The van der Waals surface area contributed by atoms with Crippen molar-refractivity contribution in [1.29, 1.82) is 0 Å². The molecule has 7 heteroatoms. The number of amides is 1. The summed E-state index contributed by atoms with van der Waals surface area (Å²) in [5.74, 6) is 1.81. The zero-order valence-electron chi connectivity index (χ0n) is 12.6. The highest BCUT2D eigenvalue weighted by atomic mass is 32.2. The summed E-state index contributed by atoms with van der Waals surface area (Å²) >= 11 is 1.79. The maximum Gasteiger partial charge on any atom is 0.411 e. The van der Waals surface area contributed by atoms with Gasteiger partial charge in [-0.25, -0.2) is 4.79 Å². The van der Waals surface area contributed by atoms with Gasteiger partial charge in [0.15, 0.2) is 5.96 Å². The van der Waals surface area contributed by atoms with Gasteiger partial charge in [-0.1, -0.05) is 12.1 Å². The fraction of sp³-hybridized carbons (Fsp3) is 0.429. The van der Waals surface area contributed by atoms with Gasteiger partial charge < -0.3 is 15.4 Å². The van der Waals surface area contributed by atoms with Crippen LogP contribution in [0.1, 0.15) is 5.56 Å². The highest BCUT2D eigenvalue weighted by molar-refractivity contribution is 7.98. The highest BCUT2D eigenvalue weighted by Crippen LogP contribution is 2.09. The van der Waals surface area contributed by atoms with Gasteiger partial charge in [-0.2, -0.15) is 11.8 Å². The summed E-state index contributed by atoms with van der Waals surface area (Å²) in [4.78, 5) is 15.2. The average Bonchev–Trinajstić information content (AvgIpc) is 2.52. The first-order valence-electron chi connectivity index (χ1n) is 6.57. The maximum absolute atomic E-state index is 11.1. The number of rotatable bonds is 6. The van der Waals surface area contributed by atoms with Crippen molar-refractivity contribution in [2.45, 2.75) is 6.54 Å². The lowest BCUT2D eigenvalue weighted by atomic mass is 10.2. The Morgan fingerprint density at radius 1 is 1.29 bits per heavy atom. The molecule has 0 atom stereocenters. The fourth-order valence-electron chi connectivity index (χ4n) is 1.55. The molecule has 0 fully saturated rings. The summed E-state index contributed by atoms with van der Waals surface area (Å²) < 4.78 is 4.54. The molecule has 0 bridgehead atoms. The van der Waals surface area contributed by atoms with Crippen LogP contribution in [0, 0.1) is 0 Å². The molecule has 1 aromatic carbocycles. The molecular weight excluding hydrogens is 288 g/mol. The molecule has 1 rings (SSSR count). The number of nitrogens with one attached hydrogen (secondary N) is 3. The highest BCUT2D eigenvalue weighted by Gasteiger charge is 2.01. The van der Waals surface area contributed by atoms with Gasteiger partial charge in [0.05, 0.1) is 7.11 Å². The van der Waals surface area contributed by atoms with Gasteiger partial charge >= 0.3 is 6.09 Å². The number of aliphatic imine (C=N–C) groups is 1. The lowest BCUT2D eigenvalue weighted by Crippen LogP contribution is -2.37. The molecule has 0 saturated heterocycles. The van der Waals surface area contributed by atoms with Crippen molar-refractivity contribution in [3.05, 3.63) is 29.8 Å². The monoisotopic (exact) mass is 310 g/mol. The van der Waals surface area contributed by atoms with Crippen molar-refractivity contribution in [2.75, 3.05) is 38.0 Å². The summed E-state index contributed by atoms with van der Waals surface area (Å²) in [6, 6.07) is 7.54. The van der Waals surface area contributed by atoms with Crippen LogP contribution in [0.15, 0.2) is 29.3 Å². The first-order chi connectivity index (χ1) is 10.2. The molecule has 0 aliphatic heterocycles. The van der Waals surface area contributed by atoms with Crippen molar-refractivity contribution >= 4 is 29.5 Å². The van der Waals surface area contributed by atoms with Crippen molar-refractivity contribution in [3.8, 4) is 0 Å². The molecule has 0 radical (unpaired) electrons. The quantitative estimate of drug-likeness (QED) is 0.425. The van der Waals surface area contributed by atoms with Crippen LogP contribution in [0.3, 0.4) is 0 Å². The van der Waals surface area contributed by atoms with E-state index in [-0.39, 0.29) is 0 Å². The molecule has 0 aliphatic rings. The molecule has 6 nitrogen and oxygen atoms in total. The van der Waals surface area contributed by atoms with E-state index in [0.29, 0.717) is 12.2 Å². The number of hydrogen-bond donors (Lipinski definition) is 3. The van der Waals surface area contributed by atoms with Crippen LogP contribution in [0.2, 0.25) is 0 Å². The molecule has 0 unspecified atom stereocenters. The van der Waals surface area contributed by atoms with E-state index in [0.717, 1.165) is 23.8 Å². The Labute approximate surface area is 129 Å². The Hall–Kier alpha value is -1.89. The SMILES string of the molecule is CN=C(NCCSC)NCc1ccc(NC(=O)OC)cc1. The number of guanidine groups is 1. The van der Waals surface area contributed by atoms with E-state index in [2.05, 4.69) is 31.9 Å². The number of carbonyl (C=O) groups is 1. The summed E-state index contributed by atoms with van der Waals surface area (Å²) in [5.41, 5.74) is 1.80. The Balaban J connectivity index is 2.42. The fourth-order valence-corrected chi connectivity index (χ4v) is 1.86. The van der Waals surface area contributed by atoms with Gasteiger partial charge in [0.1, 0.15) is 0 Å². The Morgan fingerprint density at radius 3 is 2.57 bits per heavy atom. The first kappa shape index (κ1) is 17.2. The van der Waals surface area contributed by atoms with E-state index in [1.807, 2.05) is 24.3 Å². The van der Waals surface area contributed by atoms with Gasteiger partial charge in [-0.3, -0.25) is 10.3 Å². The molecular formula is C14H22N4O2S. The lowest BCUT2D eigenvalue weighted by molar-refractivity contribution is 0.187. The minimum absolute atomic E-state index is 0.473. The minimum atomic E-state index is -0.473. The number of anilines is 1. The number of hydrogen-bond acceptors (Lipinski definition) is 4. The van der Waals surface area contributed by atoms with Crippen LogP contribution in [0.5, 0.6) is 0 Å². The molecule has 21 heavy (non-hydrogen) atoms. The van der Waals surface area contributed by atoms with E-state index in [4.69, 9.17) is 0 Å². The first-order valence-corrected chi connectivity index (χ1v) is 7.96. The van der Waals surface area contributed by atoms with E-state index >= 15 is 0 Å². The van der Waals surface area contributed by atoms with Crippen molar-refractivity contribution < 1.29 is 9.53 Å². The number of ether oxygens (including phenoxy) is 1. The van der Waals surface area contributed by atoms with Gasteiger partial charge in [0.25, 0.3) is 0 Å². The Morgan fingerprint density at radius 2 is 2.00 bits per heavy atom. The Bertz CT molecular complexity index is 463. The van der Waals surface area contributed by atoms with Gasteiger partial charge in [0.2, 0.25) is 0 Å². The van der Waals surface area contributed by atoms with E-state index in [1.54, 1.807) is 18.8 Å². The number of nitrogens with zero attached hydrogens (tertiary/aromatic N) is 1. The molecule has 0 spiro atoms. The average molecular weight is 310 g/mol. The van der Waals surface area contributed by atoms with Crippen LogP contribution in [-0.4, -0.2) is 44.8 Å². The topological polar surface area (TPSA) is 74.8 Å². The molecule has 0 heterocycles. The molecule has 0 saturated carbocycles. The van der Waals surface area contributed by atoms with Gasteiger partial charge in [0, 0.05) is 31.6 Å². The normalized spacial score (nSPS) is 10.9. The number of thioether (sulfide) groups is 1. The number of benzene rings is 1. The third-order valence-electron chi connectivity index (χ3n) is 2.67. The summed E-state index contributed by atoms with van der Waals surface area (Å²) in [7, 11) is 3.08. The van der Waals surface area contributed by atoms with Crippen LogP contribution in [0.25, 0.3) is 0 Å². The van der Waals surface area contributed by atoms with Crippen LogP contribution in [0.4, 0.5) is 10.5 Å². The molecule has 1 amide bonds. The zero-order valence-corrected chi connectivity index (χ0v) is 13.4. The Kier molecular flexibility index (Phi) is 8.11. The smallest absolute Gasteiger partial charge is 0.411 e. The second-order valence-corrected chi connectivity index (χ2v) is 5.14. The van der Waals surface area contributed by atoms with Gasteiger partial charge in [-0.15, -0.1) is 0 Å². The van der Waals surface area contributed by atoms with E-state index < -0.39 is 6.09 Å². The minimum Gasteiger partial charge on any atom is -0.453 e. The van der Waals surface area contributed by atoms with E-state index in [9.17, 15) is 4.79 Å². The number of methoxy groups -OCH3 is 1. The molecule has 3 N–H and O–H groups in total. The van der Waals surface area contributed by atoms with Crippen LogP contribution >= 0.6 is 11.8 Å². The third kappa shape index (κ3) is 6.89. The largest absolute Gasteiger partial charge is 0.453 e. The summed E-state index contributed by atoms with van der Waals surface area (Å²) in [6.45, 7) is 1.54. The second-order valence-electron chi connectivity index (χ2n) is 4.16. The third-order valence-corrected chi connectivity index (χ3v) is 3.28. The van der Waals surface area contributed by atoms with Crippen LogP contribution in [-0.2, 0) is 11.3 Å². The molecule has 116 valence electrons. The van der Waals surface area contributed by atoms with Crippen LogP contribution < -0.4 is 16.0 Å². The van der Waals surface area contributed by atoms with Gasteiger partial charge in [-0.05, 0) is 24.0 Å².